The summed E-state index contributed by atoms with van der Waals surface area (Å²) in [6, 6.07) is 12.5. The van der Waals surface area contributed by atoms with Gasteiger partial charge in [0.05, 0.1) is 13.2 Å². The number of benzene rings is 2. The Kier molecular flexibility index (Phi) is 22.8. The van der Waals surface area contributed by atoms with E-state index < -0.39 is 0 Å². The summed E-state index contributed by atoms with van der Waals surface area (Å²) in [4.78, 5) is 17.0. The lowest BCUT2D eigenvalue weighted by Crippen LogP contribution is -2.50. The fraction of sp³-hybridized carbons (Fsp3) is 0.552. The topological polar surface area (TPSA) is 120 Å². The van der Waals surface area contributed by atoms with E-state index >= 15 is 0 Å². The number of rotatable bonds is 8. The van der Waals surface area contributed by atoms with Gasteiger partial charge < -0.3 is 20.1 Å². The molecule has 3 rings (SSSR count). The summed E-state index contributed by atoms with van der Waals surface area (Å²) in [7, 11) is 6.82. The van der Waals surface area contributed by atoms with Gasteiger partial charge in [0.2, 0.25) is 5.91 Å². The van der Waals surface area contributed by atoms with E-state index in [0.29, 0.717) is 19.1 Å². The second-order valence-electron chi connectivity index (χ2n) is 8.48. The van der Waals surface area contributed by atoms with Crippen LogP contribution in [0, 0.1) is 13.8 Å². The van der Waals surface area contributed by atoms with Crippen LogP contribution < -0.4 is 22.2 Å². The number of methoxy groups -OCH3 is 2. The molecule has 2 aromatic rings. The lowest BCUT2D eigenvalue weighted by Gasteiger charge is -2.38. The SMILES string of the molecule is CC.CCCC(=O)N(C)Cc1ccc(CN2CC(OC)C2)cc1.CN.COc1cc(C)c(S)c(C)c1.NN. The summed E-state index contributed by atoms with van der Waals surface area (Å²) < 4.78 is 10.4. The first-order valence-corrected chi connectivity index (χ1v) is 13.5. The fourth-order valence-corrected chi connectivity index (χ4v) is 3.74. The first-order chi connectivity index (χ1) is 18.3. The molecular formula is C29H53N5O3S. The minimum absolute atomic E-state index is 0.216. The number of hydrogen-bond acceptors (Lipinski definition) is 8. The van der Waals surface area contributed by atoms with Crippen LogP contribution in [0.1, 0.15) is 55.9 Å². The molecule has 0 radical (unpaired) electrons. The average Bonchev–Trinajstić information content (AvgIpc) is 2.93. The number of hydrazine groups is 1. The van der Waals surface area contributed by atoms with Gasteiger partial charge in [-0.2, -0.15) is 0 Å². The number of hydrogen-bond donors (Lipinski definition) is 4. The van der Waals surface area contributed by atoms with Gasteiger partial charge in [-0.05, 0) is 61.7 Å². The molecule has 1 amide bonds. The molecule has 9 heteroatoms. The van der Waals surface area contributed by atoms with Gasteiger partial charge in [-0.15, -0.1) is 12.6 Å². The van der Waals surface area contributed by atoms with E-state index in [1.165, 1.54) is 18.2 Å². The Morgan fingerprint density at radius 1 is 1.03 bits per heavy atom. The van der Waals surface area contributed by atoms with Crippen molar-refractivity contribution in [3.05, 3.63) is 58.7 Å². The zero-order valence-electron chi connectivity index (χ0n) is 25.1. The molecule has 1 heterocycles. The number of amides is 1. The van der Waals surface area contributed by atoms with Gasteiger partial charge in [-0.25, -0.2) is 0 Å². The van der Waals surface area contributed by atoms with Crippen LogP contribution in [0.5, 0.6) is 5.75 Å². The normalized spacial score (nSPS) is 12.0. The van der Waals surface area contributed by atoms with Crippen LogP contribution in [0.2, 0.25) is 0 Å². The Morgan fingerprint density at radius 3 is 1.92 bits per heavy atom. The molecule has 0 aromatic heterocycles. The molecule has 1 aliphatic heterocycles. The maximum atomic E-state index is 11.8. The Hall–Kier alpha value is -2.14. The van der Waals surface area contributed by atoms with Crippen LogP contribution >= 0.6 is 12.6 Å². The number of nitrogens with two attached hydrogens (primary N) is 3. The summed E-state index contributed by atoms with van der Waals surface area (Å²) in [6.07, 6.45) is 1.94. The number of nitrogens with zero attached hydrogens (tertiary/aromatic N) is 2. The van der Waals surface area contributed by atoms with E-state index in [-0.39, 0.29) is 5.91 Å². The summed E-state index contributed by atoms with van der Waals surface area (Å²) in [6.45, 7) is 13.8. The summed E-state index contributed by atoms with van der Waals surface area (Å²) in [5.74, 6) is 9.12. The third kappa shape index (κ3) is 14.1. The van der Waals surface area contributed by atoms with Gasteiger partial charge in [0.1, 0.15) is 5.75 Å². The number of ether oxygens (including phenoxy) is 2. The van der Waals surface area contributed by atoms with E-state index in [9.17, 15) is 4.79 Å². The average molecular weight is 552 g/mol. The van der Waals surface area contributed by atoms with Gasteiger partial charge in [0, 0.05) is 51.7 Å². The molecule has 1 saturated heterocycles. The minimum atomic E-state index is 0.216. The van der Waals surface area contributed by atoms with Crippen molar-refractivity contribution >= 4 is 18.5 Å². The molecule has 0 bridgehead atoms. The highest BCUT2D eigenvalue weighted by atomic mass is 32.1. The summed E-state index contributed by atoms with van der Waals surface area (Å²) in [5.41, 5.74) is 9.32. The van der Waals surface area contributed by atoms with E-state index in [0.717, 1.165) is 47.8 Å². The van der Waals surface area contributed by atoms with Gasteiger partial charge in [0.25, 0.3) is 0 Å². The van der Waals surface area contributed by atoms with E-state index in [4.69, 9.17) is 9.47 Å². The number of aryl methyl sites for hydroxylation is 2. The van der Waals surface area contributed by atoms with Crippen LogP contribution in [-0.4, -0.2) is 63.2 Å². The van der Waals surface area contributed by atoms with Gasteiger partial charge >= 0.3 is 0 Å². The van der Waals surface area contributed by atoms with E-state index in [1.807, 2.05) is 53.8 Å². The standard InChI is InChI=1S/C17H26N2O2.C9H12OS.C2H6.CH5N.H4N2/c1-4-5-17(20)18(2)10-14-6-8-15(9-7-14)11-19-12-16(13-19)21-3;1-6-4-8(10-3)5-7(2)9(6)11;3*1-2/h6-9,16H,4-5,10-13H2,1-3H3;4-5,11H,1-3H3;1-2H3;2H2,1H3;1-2H2. The largest absolute Gasteiger partial charge is 0.497 e. The third-order valence-corrected chi connectivity index (χ3v) is 6.40. The Morgan fingerprint density at radius 2 is 1.50 bits per heavy atom. The molecule has 0 atom stereocenters. The van der Waals surface area contributed by atoms with Crippen LogP contribution in [0.3, 0.4) is 0 Å². The predicted molar refractivity (Wildman–Crippen MR) is 163 cm³/mol. The highest BCUT2D eigenvalue weighted by Crippen LogP contribution is 2.23. The molecule has 1 fully saturated rings. The highest BCUT2D eigenvalue weighted by molar-refractivity contribution is 7.80. The first kappa shape index (κ1) is 38.0. The molecule has 1 aliphatic rings. The quantitative estimate of drug-likeness (QED) is 0.219. The van der Waals surface area contributed by atoms with Crippen molar-refractivity contribution in [2.75, 3.05) is 41.4 Å². The molecule has 8 nitrogen and oxygen atoms in total. The summed E-state index contributed by atoms with van der Waals surface area (Å²) in [5, 5.41) is 0. The Labute approximate surface area is 237 Å². The van der Waals surface area contributed by atoms with E-state index in [1.54, 1.807) is 19.1 Å². The number of likely N-dealkylation sites (tertiary alicyclic amines) is 1. The molecule has 2 aromatic carbocycles. The molecule has 6 N–H and O–H groups in total. The van der Waals surface area contributed by atoms with E-state index in [2.05, 4.69) is 59.2 Å². The van der Waals surface area contributed by atoms with Crippen molar-refractivity contribution in [3.8, 4) is 5.75 Å². The van der Waals surface area contributed by atoms with Crippen molar-refractivity contribution in [2.45, 2.75) is 71.5 Å². The fourth-order valence-electron chi connectivity index (χ4n) is 3.61. The summed E-state index contributed by atoms with van der Waals surface area (Å²) >= 11 is 4.34. The molecule has 38 heavy (non-hydrogen) atoms. The lowest BCUT2D eigenvalue weighted by molar-refractivity contribution is -0.130. The van der Waals surface area contributed by atoms with Crippen LogP contribution in [-0.2, 0) is 22.6 Å². The molecule has 0 spiro atoms. The molecule has 0 aliphatic carbocycles. The maximum Gasteiger partial charge on any atom is 0.222 e. The van der Waals surface area contributed by atoms with Crippen LogP contribution in [0.4, 0.5) is 0 Å². The van der Waals surface area contributed by atoms with Crippen molar-refractivity contribution in [1.29, 1.82) is 0 Å². The second-order valence-corrected chi connectivity index (χ2v) is 8.93. The molecule has 218 valence electrons. The molecular weight excluding hydrogens is 498 g/mol. The number of thiol groups is 1. The smallest absolute Gasteiger partial charge is 0.222 e. The van der Waals surface area contributed by atoms with Crippen molar-refractivity contribution < 1.29 is 14.3 Å². The third-order valence-electron chi connectivity index (χ3n) is 5.70. The first-order valence-electron chi connectivity index (χ1n) is 13.1. The van der Waals surface area contributed by atoms with Crippen molar-refractivity contribution in [3.63, 3.8) is 0 Å². The minimum Gasteiger partial charge on any atom is -0.497 e. The monoisotopic (exact) mass is 551 g/mol. The van der Waals surface area contributed by atoms with Gasteiger partial charge in [0.15, 0.2) is 0 Å². The van der Waals surface area contributed by atoms with Gasteiger partial charge in [-0.1, -0.05) is 45.0 Å². The highest BCUT2D eigenvalue weighted by Gasteiger charge is 2.25. The molecule has 0 unspecified atom stereocenters. The maximum absolute atomic E-state index is 11.8. The Bertz CT molecular complexity index is 852. The van der Waals surface area contributed by atoms with Gasteiger partial charge in [-0.3, -0.25) is 21.4 Å². The van der Waals surface area contributed by atoms with Crippen LogP contribution in [0.15, 0.2) is 41.3 Å². The molecule has 0 saturated carbocycles. The number of carbonyl (C=O) groups excluding carboxylic acids is 1. The lowest BCUT2D eigenvalue weighted by atomic mass is 10.1. The predicted octanol–water partition coefficient (Wildman–Crippen LogP) is 4.30. The van der Waals surface area contributed by atoms with Crippen LogP contribution in [0.25, 0.3) is 0 Å². The van der Waals surface area contributed by atoms with Crippen molar-refractivity contribution in [1.82, 2.24) is 9.80 Å². The second kappa shape index (κ2) is 22.8. The Balaban J connectivity index is 0. The van der Waals surface area contributed by atoms with Crippen molar-refractivity contribution in [2.24, 2.45) is 17.4 Å². The number of carbonyl (C=O) groups is 1. The zero-order valence-corrected chi connectivity index (χ0v) is 26.0. The zero-order chi connectivity index (χ0) is 29.7.